The molecule has 0 spiro atoms. The van der Waals surface area contributed by atoms with Crippen molar-refractivity contribution in [2.45, 2.75) is 0 Å². The van der Waals surface area contributed by atoms with Gasteiger partial charge in [0.25, 0.3) is 0 Å². The zero-order valence-corrected chi connectivity index (χ0v) is 9.16. The van der Waals surface area contributed by atoms with Crippen LogP contribution in [0, 0.1) is 0 Å². The van der Waals surface area contributed by atoms with Crippen molar-refractivity contribution in [3.05, 3.63) is 47.5 Å². The van der Waals surface area contributed by atoms with Gasteiger partial charge >= 0.3 is 0 Å². The van der Waals surface area contributed by atoms with Crippen molar-refractivity contribution in [3.8, 4) is 23.0 Å². The van der Waals surface area contributed by atoms with E-state index < -0.39 is 23.0 Å². The van der Waals surface area contributed by atoms with E-state index in [2.05, 4.69) is 0 Å². The Balaban J connectivity index is 2.51. The summed E-state index contributed by atoms with van der Waals surface area (Å²) in [5.74, 6) is -2.67. The van der Waals surface area contributed by atoms with Gasteiger partial charge < -0.3 is 20.4 Å². The lowest BCUT2D eigenvalue weighted by Gasteiger charge is -2.06. The number of para-hydroxylation sites is 1. The van der Waals surface area contributed by atoms with Gasteiger partial charge in [-0.1, -0.05) is 12.1 Å². The Hall–Kier alpha value is -2.69. The fourth-order valence-electron chi connectivity index (χ4n) is 1.56. The van der Waals surface area contributed by atoms with Crippen LogP contribution in [0.3, 0.4) is 0 Å². The zero-order valence-electron chi connectivity index (χ0n) is 9.16. The maximum atomic E-state index is 12.0. The molecule has 0 radical (unpaired) electrons. The highest BCUT2D eigenvalue weighted by atomic mass is 16.3. The lowest BCUT2D eigenvalue weighted by molar-refractivity contribution is 0.103. The van der Waals surface area contributed by atoms with Crippen molar-refractivity contribution >= 4 is 5.78 Å². The minimum Gasteiger partial charge on any atom is -0.507 e. The summed E-state index contributed by atoms with van der Waals surface area (Å²) in [7, 11) is 0. The van der Waals surface area contributed by atoms with Crippen LogP contribution in [-0.2, 0) is 0 Å². The Kier molecular flexibility index (Phi) is 2.81. The van der Waals surface area contributed by atoms with Crippen LogP contribution in [0.4, 0.5) is 0 Å². The molecule has 0 atom stereocenters. The van der Waals surface area contributed by atoms with Gasteiger partial charge in [0.1, 0.15) is 5.75 Å². The third-order valence-corrected chi connectivity index (χ3v) is 2.48. The molecule has 2 aromatic rings. The summed E-state index contributed by atoms with van der Waals surface area (Å²) in [6.45, 7) is 0. The number of hydrogen-bond donors (Lipinski definition) is 4. The monoisotopic (exact) mass is 246 g/mol. The zero-order chi connectivity index (χ0) is 13.3. The van der Waals surface area contributed by atoms with Crippen molar-refractivity contribution in [1.29, 1.82) is 0 Å². The number of hydrogen-bond acceptors (Lipinski definition) is 5. The number of carbonyl (C=O) groups excluding carboxylic acids is 1. The molecule has 0 aliphatic carbocycles. The van der Waals surface area contributed by atoms with E-state index in [1.165, 1.54) is 12.1 Å². The van der Waals surface area contributed by atoms with Crippen molar-refractivity contribution in [2.24, 2.45) is 0 Å². The van der Waals surface area contributed by atoms with Crippen molar-refractivity contribution in [1.82, 2.24) is 0 Å². The summed E-state index contributed by atoms with van der Waals surface area (Å²) in [6, 6.07) is 7.95. The Morgan fingerprint density at radius 3 is 1.94 bits per heavy atom. The van der Waals surface area contributed by atoms with E-state index >= 15 is 0 Å². The summed E-state index contributed by atoms with van der Waals surface area (Å²) in [6.07, 6.45) is 0. The fraction of sp³-hybridized carbons (Fsp3) is 0. The summed E-state index contributed by atoms with van der Waals surface area (Å²) in [5, 5.41) is 37.4. The molecule has 0 aliphatic rings. The van der Waals surface area contributed by atoms with Gasteiger partial charge in [0.2, 0.25) is 0 Å². The molecule has 4 N–H and O–H groups in total. The second-order valence-electron chi connectivity index (χ2n) is 3.71. The quantitative estimate of drug-likeness (QED) is 0.478. The van der Waals surface area contributed by atoms with Gasteiger partial charge in [0.15, 0.2) is 23.0 Å². The van der Waals surface area contributed by atoms with E-state index in [-0.39, 0.29) is 16.9 Å². The van der Waals surface area contributed by atoms with Crippen molar-refractivity contribution in [2.75, 3.05) is 0 Å². The molecule has 0 unspecified atom stereocenters. The predicted octanol–water partition coefficient (Wildman–Crippen LogP) is 1.74. The second kappa shape index (κ2) is 4.29. The van der Waals surface area contributed by atoms with E-state index in [1.54, 1.807) is 12.1 Å². The summed E-state index contributed by atoms with van der Waals surface area (Å²) < 4.78 is 0. The molecule has 0 aromatic heterocycles. The smallest absolute Gasteiger partial charge is 0.200 e. The third-order valence-electron chi connectivity index (χ3n) is 2.48. The van der Waals surface area contributed by atoms with Gasteiger partial charge in [-0.2, -0.15) is 0 Å². The number of benzene rings is 2. The van der Waals surface area contributed by atoms with E-state index in [1.807, 2.05) is 0 Å². The normalized spacial score (nSPS) is 10.2. The molecular formula is C13H10O5. The van der Waals surface area contributed by atoms with E-state index in [0.717, 1.165) is 12.1 Å². The fourth-order valence-corrected chi connectivity index (χ4v) is 1.56. The average Bonchev–Trinajstić information content (AvgIpc) is 2.35. The molecule has 2 rings (SSSR count). The standard InChI is InChI=1S/C13H10O5/c14-9-4-2-1-3-8(9)12(17)7-5-10(15)13(18)11(16)6-7/h1-6,14-16,18H. The second-order valence-corrected chi connectivity index (χ2v) is 3.71. The molecule has 0 saturated heterocycles. The first-order valence-corrected chi connectivity index (χ1v) is 5.08. The molecule has 5 nitrogen and oxygen atoms in total. The van der Waals surface area contributed by atoms with Crippen LogP contribution in [0.1, 0.15) is 15.9 Å². The Labute approximate surface area is 102 Å². The highest BCUT2D eigenvalue weighted by molar-refractivity contribution is 6.11. The van der Waals surface area contributed by atoms with Crippen molar-refractivity contribution < 1.29 is 25.2 Å². The van der Waals surface area contributed by atoms with Crippen LogP contribution in [0.25, 0.3) is 0 Å². The molecule has 0 bridgehead atoms. The SMILES string of the molecule is O=C(c1cc(O)c(O)c(O)c1)c1ccccc1O. The highest BCUT2D eigenvalue weighted by Gasteiger charge is 2.17. The topological polar surface area (TPSA) is 98.0 Å². The predicted molar refractivity (Wildman–Crippen MR) is 63.0 cm³/mol. The number of rotatable bonds is 2. The number of phenolic OH excluding ortho intramolecular Hbond substituents is 4. The van der Waals surface area contributed by atoms with Gasteiger partial charge in [-0.3, -0.25) is 4.79 Å². The molecule has 0 heterocycles. The van der Waals surface area contributed by atoms with Gasteiger partial charge in [0, 0.05) is 5.56 Å². The van der Waals surface area contributed by atoms with Crippen molar-refractivity contribution in [3.63, 3.8) is 0 Å². The number of carbonyl (C=O) groups is 1. The number of ketones is 1. The largest absolute Gasteiger partial charge is 0.507 e. The molecule has 0 saturated carbocycles. The first-order valence-electron chi connectivity index (χ1n) is 5.08. The Morgan fingerprint density at radius 1 is 0.833 bits per heavy atom. The van der Waals surface area contributed by atoms with Crippen LogP contribution in [0.2, 0.25) is 0 Å². The minimum absolute atomic E-state index is 0.0377. The van der Waals surface area contributed by atoms with Crippen LogP contribution in [0.5, 0.6) is 23.0 Å². The number of aromatic hydroxyl groups is 4. The summed E-state index contributed by atoms with van der Waals surface area (Å²) in [4.78, 5) is 12.0. The number of phenols is 4. The van der Waals surface area contributed by atoms with Gasteiger partial charge in [-0.15, -0.1) is 0 Å². The maximum Gasteiger partial charge on any atom is 0.200 e. The minimum atomic E-state index is -0.691. The molecule has 0 fully saturated rings. The van der Waals surface area contributed by atoms with Gasteiger partial charge in [0.05, 0.1) is 5.56 Å². The molecule has 0 aliphatic heterocycles. The Bertz CT molecular complexity index is 596. The summed E-state index contributed by atoms with van der Waals surface area (Å²) >= 11 is 0. The lowest BCUT2D eigenvalue weighted by atomic mass is 10.0. The third kappa shape index (κ3) is 1.93. The summed E-state index contributed by atoms with van der Waals surface area (Å²) in [5.41, 5.74) is 0.00582. The molecule has 2 aromatic carbocycles. The van der Waals surface area contributed by atoms with Crippen LogP contribution < -0.4 is 0 Å². The van der Waals surface area contributed by atoms with Crippen LogP contribution >= 0.6 is 0 Å². The van der Waals surface area contributed by atoms with Gasteiger partial charge in [-0.05, 0) is 24.3 Å². The maximum absolute atomic E-state index is 12.0. The molecule has 5 heteroatoms. The van der Waals surface area contributed by atoms with E-state index in [0.29, 0.717) is 0 Å². The molecule has 18 heavy (non-hydrogen) atoms. The van der Waals surface area contributed by atoms with Crippen LogP contribution in [0.15, 0.2) is 36.4 Å². The molecule has 0 amide bonds. The average molecular weight is 246 g/mol. The van der Waals surface area contributed by atoms with Gasteiger partial charge in [-0.25, -0.2) is 0 Å². The molecular weight excluding hydrogens is 236 g/mol. The Morgan fingerprint density at radius 2 is 1.39 bits per heavy atom. The molecule has 92 valence electrons. The first-order chi connectivity index (χ1) is 8.50. The van der Waals surface area contributed by atoms with Crippen LogP contribution in [-0.4, -0.2) is 26.2 Å². The van der Waals surface area contributed by atoms with E-state index in [9.17, 15) is 25.2 Å². The van der Waals surface area contributed by atoms with E-state index in [4.69, 9.17) is 0 Å². The first kappa shape index (κ1) is 11.8. The lowest BCUT2D eigenvalue weighted by Crippen LogP contribution is -2.01. The highest BCUT2D eigenvalue weighted by Crippen LogP contribution is 2.36.